The van der Waals surface area contributed by atoms with Gasteiger partial charge in [-0.05, 0) is 39.5 Å². The van der Waals surface area contributed by atoms with E-state index in [9.17, 15) is 18.8 Å². The number of nitriles is 1. The summed E-state index contributed by atoms with van der Waals surface area (Å²) in [5, 5.41) is 16.9. The normalized spacial score (nSPS) is 15.0. The number of carbonyl (C=O) groups excluding carboxylic acids is 1. The number of aromatic nitrogens is 4. The first-order valence-corrected chi connectivity index (χ1v) is 10.5. The average molecular weight is 468 g/mol. The van der Waals surface area contributed by atoms with E-state index in [2.05, 4.69) is 26.5 Å². The number of anilines is 2. The van der Waals surface area contributed by atoms with Crippen LogP contribution in [0.1, 0.15) is 32.4 Å². The van der Waals surface area contributed by atoms with Crippen LogP contribution in [-0.4, -0.2) is 56.7 Å². The molecule has 12 heteroatoms. The molecule has 1 amide bonds. The summed E-state index contributed by atoms with van der Waals surface area (Å²) in [5.41, 5.74) is 0.493. The van der Waals surface area contributed by atoms with Crippen LogP contribution in [0.4, 0.5) is 20.4 Å². The molecule has 1 N–H and O–H groups in total. The first-order valence-electron chi connectivity index (χ1n) is 10.1. The number of halogens is 3. The van der Waals surface area contributed by atoms with Gasteiger partial charge in [-0.3, -0.25) is 9.48 Å². The second-order valence-corrected chi connectivity index (χ2v) is 8.50. The van der Waals surface area contributed by atoms with Crippen LogP contribution in [0.15, 0.2) is 12.4 Å². The molecule has 32 heavy (non-hydrogen) atoms. The number of nitrogens with zero attached hydrogens (tertiary/aromatic N) is 6. The van der Waals surface area contributed by atoms with Crippen LogP contribution in [-0.2, 0) is 10.3 Å². The van der Waals surface area contributed by atoms with E-state index >= 15 is 0 Å². The highest BCUT2D eigenvalue weighted by atomic mass is 35.5. The van der Waals surface area contributed by atoms with Gasteiger partial charge in [-0.2, -0.15) is 24.1 Å². The third kappa shape index (κ3) is 5.43. The van der Waals surface area contributed by atoms with E-state index in [1.54, 1.807) is 31.6 Å². The fourth-order valence-corrected chi connectivity index (χ4v) is 3.35. The molecular weight excluding hydrogens is 444 g/mol. The van der Waals surface area contributed by atoms with Crippen LogP contribution in [0.3, 0.4) is 0 Å². The van der Waals surface area contributed by atoms with Crippen molar-refractivity contribution >= 4 is 29.1 Å². The fourth-order valence-electron chi connectivity index (χ4n) is 3.21. The number of hydrogen-bond donors (Lipinski definition) is 1. The summed E-state index contributed by atoms with van der Waals surface area (Å²) in [6, 6.07) is 2.19. The Morgan fingerprint density at radius 2 is 2.12 bits per heavy atom. The first kappa shape index (κ1) is 23.7. The van der Waals surface area contributed by atoms with Crippen molar-refractivity contribution in [3.8, 4) is 11.9 Å². The van der Waals surface area contributed by atoms with Gasteiger partial charge in [-0.15, -0.1) is 0 Å². The minimum Gasteiger partial charge on any atom is -0.476 e. The van der Waals surface area contributed by atoms with Crippen molar-refractivity contribution in [2.75, 3.05) is 25.0 Å². The molecule has 0 aliphatic carbocycles. The second-order valence-electron chi connectivity index (χ2n) is 8.10. The summed E-state index contributed by atoms with van der Waals surface area (Å²) < 4.78 is 32.4. The largest absolute Gasteiger partial charge is 0.476 e. The standard InChI is InChI=1S/C20H24ClF2N7O2/c1-12-15(9-30(28-12)20(2,3)11-24)26-19-25-8-14(21)17(27-19)32-10-13-4-6-29(7-5-13)18(31)16(22)23/h8-9,13,16H,4-7,10H2,1-3H3,(H,25,26,27). The maximum Gasteiger partial charge on any atom is 0.315 e. The van der Waals surface area contributed by atoms with Crippen LogP contribution < -0.4 is 10.1 Å². The topological polar surface area (TPSA) is 109 Å². The average Bonchev–Trinajstić information content (AvgIpc) is 3.15. The quantitative estimate of drug-likeness (QED) is 0.663. The Morgan fingerprint density at radius 3 is 2.75 bits per heavy atom. The Bertz CT molecular complexity index is 1010. The molecule has 0 bridgehead atoms. The van der Waals surface area contributed by atoms with Gasteiger partial charge in [-0.25, -0.2) is 4.98 Å². The number of piperidine rings is 1. The Kier molecular flexibility index (Phi) is 7.13. The third-order valence-electron chi connectivity index (χ3n) is 5.27. The minimum atomic E-state index is -2.98. The van der Waals surface area contributed by atoms with Crippen molar-refractivity contribution in [3.05, 3.63) is 23.1 Å². The Balaban J connectivity index is 1.61. The number of aryl methyl sites for hydroxylation is 1. The molecule has 1 saturated heterocycles. The number of rotatable bonds is 7. The second kappa shape index (κ2) is 9.65. The lowest BCUT2D eigenvalue weighted by Crippen LogP contribution is -2.42. The van der Waals surface area contributed by atoms with Gasteiger partial charge >= 0.3 is 6.43 Å². The molecular formula is C20H24ClF2N7O2. The molecule has 1 aliphatic heterocycles. The predicted octanol–water partition coefficient (Wildman–Crippen LogP) is 3.52. The number of carbonyl (C=O) groups is 1. The zero-order chi connectivity index (χ0) is 23.5. The predicted molar refractivity (Wildman–Crippen MR) is 113 cm³/mol. The van der Waals surface area contributed by atoms with E-state index in [0.717, 1.165) is 0 Å². The fraction of sp³-hybridized carbons (Fsp3) is 0.550. The molecule has 9 nitrogen and oxygen atoms in total. The maximum absolute atomic E-state index is 12.6. The number of ether oxygens (including phenoxy) is 1. The van der Waals surface area contributed by atoms with E-state index in [0.29, 0.717) is 30.8 Å². The van der Waals surface area contributed by atoms with Gasteiger partial charge in [0.2, 0.25) is 11.8 Å². The SMILES string of the molecule is Cc1nn(C(C)(C)C#N)cc1Nc1ncc(Cl)c(OCC2CCN(C(=O)C(F)F)CC2)n1. The molecule has 2 aromatic heterocycles. The highest BCUT2D eigenvalue weighted by Gasteiger charge is 2.28. The van der Waals surface area contributed by atoms with E-state index in [1.165, 1.54) is 11.1 Å². The van der Waals surface area contributed by atoms with Gasteiger partial charge < -0.3 is 15.0 Å². The molecule has 0 saturated carbocycles. The molecule has 1 fully saturated rings. The lowest BCUT2D eigenvalue weighted by Gasteiger charge is -2.31. The Labute approximate surface area is 189 Å². The van der Waals surface area contributed by atoms with Gasteiger partial charge in [0.15, 0.2) is 0 Å². The van der Waals surface area contributed by atoms with Crippen LogP contribution in [0.2, 0.25) is 5.02 Å². The number of hydrogen-bond acceptors (Lipinski definition) is 7. The smallest absolute Gasteiger partial charge is 0.315 e. The van der Waals surface area contributed by atoms with Crippen molar-refractivity contribution in [2.45, 2.75) is 45.6 Å². The maximum atomic E-state index is 12.6. The monoisotopic (exact) mass is 467 g/mol. The van der Waals surface area contributed by atoms with Crippen LogP contribution >= 0.6 is 11.6 Å². The van der Waals surface area contributed by atoms with E-state index in [4.69, 9.17) is 16.3 Å². The summed E-state index contributed by atoms with van der Waals surface area (Å²) in [4.78, 5) is 21.0. The zero-order valence-corrected chi connectivity index (χ0v) is 18.7. The van der Waals surface area contributed by atoms with E-state index in [-0.39, 0.29) is 35.9 Å². The molecule has 1 aliphatic rings. The molecule has 2 aromatic rings. The molecule has 0 atom stereocenters. The molecule has 172 valence electrons. The first-order chi connectivity index (χ1) is 15.1. The molecule has 0 aromatic carbocycles. The lowest BCUT2D eigenvalue weighted by atomic mass is 9.98. The van der Waals surface area contributed by atoms with Gasteiger partial charge in [-0.1, -0.05) is 11.6 Å². The Hall–Kier alpha value is -3.00. The molecule has 0 spiro atoms. The highest BCUT2D eigenvalue weighted by Crippen LogP contribution is 2.27. The number of nitrogens with one attached hydrogen (secondary N) is 1. The van der Waals surface area contributed by atoms with Crippen LogP contribution in [0.25, 0.3) is 0 Å². The molecule has 3 rings (SSSR count). The van der Waals surface area contributed by atoms with E-state index in [1.807, 2.05) is 0 Å². The van der Waals surface area contributed by atoms with Crippen LogP contribution in [0, 0.1) is 24.2 Å². The molecule has 0 unspecified atom stereocenters. The van der Waals surface area contributed by atoms with Crippen molar-refractivity contribution in [1.82, 2.24) is 24.6 Å². The molecule has 0 radical (unpaired) electrons. The zero-order valence-electron chi connectivity index (χ0n) is 18.0. The number of amides is 1. The number of alkyl halides is 2. The molecule has 3 heterocycles. The summed E-state index contributed by atoms with van der Waals surface area (Å²) >= 11 is 6.16. The van der Waals surface area contributed by atoms with Crippen molar-refractivity contribution < 1.29 is 18.3 Å². The minimum absolute atomic E-state index is 0.0906. The summed E-state index contributed by atoms with van der Waals surface area (Å²) in [6.07, 6.45) is 1.24. The van der Waals surface area contributed by atoms with Crippen molar-refractivity contribution in [3.63, 3.8) is 0 Å². The van der Waals surface area contributed by atoms with Gasteiger partial charge in [0.25, 0.3) is 5.91 Å². The summed E-state index contributed by atoms with van der Waals surface area (Å²) in [6.45, 7) is 6.13. The highest BCUT2D eigenvalue weighted by molar-refractivity contribution is 6.31. The van der Waals surface area contributed by atoms with Crippen LogP contribution in [0.5, 0.6) is 5.88 Å². The van der Waals surface area contributed by atoms with Crippen molar-refractivity contribution in [2.24, 2.45) is 5.92 Å². The third-order valence-corrected chi connectivity index (χ3v) is 5.53. The van der Waals surface area contributed by atoms with Gasteiger partial charge in [0, 0.05) is 13.1 Å². The lowest BCUT2D eigenvalue weighted by molar-refractivity contribution is -0.144. The number of likely N-dealkylation sites (tertiary alicyclic amines) is 1. The van der Waals surface area contributed by atoms with Crippen molar-refractivity contribution in [1.29, 1.82) is 5.26 Å². The van der Waals surface area contributed by atoms with Gasteiger partial charge in [0.05, 0.1) is 36.5 Å². The summed E-state index contributed by atoms with van der Waals surface area (Å²) in [5.74, 6) is -0.597. The summed E-state index contributed by atoms with van der Waals surface area (Å²) in [7, 11) is 0. The van der Waals surface area contributed by atoms with E-state index < -0.39 is 17.9 Å². The Morgan fingerprint density at radius 1 is 1.44 bits per heavy atom. The van der Waals surface area contributed by atoms with Gasteiger partial charge in [0.1, 0.15) is 10.6 Å².